The monoisotopic (exact) mass is 408 g/mol. The highest BCUT2D eigenvalue weighted by Crippen LogP contribution is 2.30. The highest BCUT2D eigenvalue weighted by atomic mass is 16.5. The van der Waals surface area contributed by atoms with Gasteiger partial charge in [0.25, 0.3) is 11.5 Å². The van der Waals surface area contributed by atoms with Gasteiger partial charge in [-0.25, -0.2) is 4.90 Å². The Kier molecular flexibility index (Phi) is 5.68. The number of carbonyl (C=O) groups is 3. The predicted molar refractivity (Wildman–Crippen MR) is 111 cm³/mol. The quantitative estimate of drug-likeness (QED) is 0.616. The molecule has 30 heavy (non-hydrogen) atoms. The summed E-state index contributed by atoms with van der Waals surface area (Å²) in [5.41, 5.74) is -0.362. The second-order valence-corrected chi connectivity index (χ2v) is 6.54. The molecular formula is C22H20N2O6. The molecule has 1 aromatic heterocycles. The molecule has 0 spiro atoms. The van der Waals surface area contributed by atoms with E-state index in [4.69, 9.17) is 9.47 Å². The van der Waals surface area contributed by atoms with Crippen LogP contribution < -0.4 is 19.9 Å². The Labute approximate surface area is 172 Å². The number of imide groups is 1. The van der Waals surface area contributed by atoms with Gasteiger partial charge in [-0.05, 0) is 36.4 Å². The number of methoxy groups -OCH3 is 1. The van der Waals surface area contributed by atoms with Crippen LogP contribution in [-0.4, -0.2) is 29.5 Å². The molecule has 0 saturated carbocycles. The molecular weight excluding hydrogens is 388 g/mol. The van der Waals surface area contributed by atoms with Gasteiger partial charge in [0.15, 0.2) is 5.75 Å². The number of rotatable bonds is 4. The number of aryl methyl sites for hydroxylation is 1. The molecule has 0 aliphatic heterocycles. The molecule has 0 unspecified atom stereocenters. The van der Waals surface area contributed by atoms with Crippen LogP contribution in [0.5, 0.6) is 11.5 Å². The SMILES string of the molecule is COc1ccc(N(C(C)=O)C(=O)c2c(OC(C)=O)c3ccccc3n(C)c2=O)cc1. The van der Waals surface area contributed by atoms with E-state index in [2.05, 4.69) is 0 Å². The fourth-order valence-electron chi connectivity index (χ4n) is 3.19. The molecule has 154 valence electrons. The summed E-state index contributed by atoms with van der Waals surface area (Å²) in [6.07, 6.45) is 0. The number of esters is 1. The maximum absolute atomic E-state index is 13.4. The molecule has 8 heteroatoms. The van der Waals surface area contributed by atoms with E-state index in [0.717, 1.165) is 4.90 Å². The number of pyridine rings is 1. The zero-order valence-electron chi connectivity index (χ0n) is 17.0. The number of para-hydroxylation sites is 1. The van der Waals surface area contributed by atoms with Crippen molar-refractivity contribution < 1.29 is 23.9 Å². The fourth-order valence-corrected chi connectivity index (χ4v) is 3.19. The van der Waals surface area contributed by atoms with Crippen LogP contribution in [0, 0.1) is 0 Å². The Hall–Kier alpha value is -3.94. The van der Waals surface area contributed by atoms with E-state index < -0.39 is 28.9 Å². The van der Waals surface area contributed by atoms with Crippen LogP contribution >= 0.6 is 0 Å². The number of amides is 2. The molecule has 3 rings (SSSR count). The number of hydrogen-bond donors (Lipinski definition) is 0. The molecule has 8 nitrogen and oxygen atoms in total. The second-order valence-electron chi connectivity index (χ2n) is 6.54. The van der Waals surface area contributed by atoms with Gasteiger partial charge in [0.1, 0.15) is 11.3 Å². The third kappa shape index (κ3) is 3.67. The Morgan fingerprint density at radius 1 is 0.967 bits per heavy atom. The second kappa shape index (κ2) is 8.20. The molecule has 0 radical (unpaired) electrons. The number of benzene rings is 2. The summed E-state index contributed by atoms with van der Waals surface area (Å²) in [6.45, 7) is 2.38. The first kappa shape index (κ1) is 20.8. The predicted octanol–water partition coefficient (Wildman–Crippen LogP) is 2.67. The first-order chi connectivity index (χ1) is 14.3. The van der Waals surface area contributed by atoms with Crippen LogP contribution in [0.15, 0.2) is 53.3 Å². The fraction of sp³-hybridized carbons (Fsp3) is 0.182. The maximum atomic E-state index is 13.4. The summed E-state index contributed by atoms with van der Waals surface area (Å²) in [5.74, 6) is -1.83. The number of anilines is 1. The van der Waals surface area contributed by atoms with E-state index in [9.17, 15) is 19.2 Å². The molecule has 0 aliphatic carbocycles. The Balaban J connectivity index is 2.28. The molecule has 2 amide bonds. The molecule has 0 bridgehead atoms. The van der Waals surface area contributed by atoms with E-state index in [1.807, 2.05) is 0 Å². The standard InChI is InChI=1S/C22H20N2O6/c1-13(25)24(15-9-11-16(29-4)12-10-15)22(28)19-20(30-14(2)26)17-7-5-6-8-18(17)23(3)21(19)27/h5-12H,1-4H3. The summed E-state index contributed by atoms with van der Waals surface area (Å²) in [4.78, 5) is 51.5. The average molecular weight is 408 g/mol. The van der Waals surface area contributed by atoms with Gasteiger partial charge in [-0.3, -0.25) is 19.2 Å². The van der Waals surface area contributed by atoms with Crippen LogP contribution in [0.3, 0.4) is 0 Å². The van der Waals surface area contributed by atoms with Gasteiger partial charge < -0.3 is 14.0 Å². The third-order valence-electron chi connectivity index (χ3n) is 4.56. The zero-order valence-corrected chi connectivity index (χ0v) is 17.0. The molecule has 0 N–H and O–H groups in total. The highest BCUT2D eigenvalue weighted by molar-refractivity contribution is 6.22. The van der Waals surface area contributed by atoms with E-state index >= 15 is 0 Å². The minimum absolute atomic E-state index is 0.175. The molecule has 1 heterocycles. The van der Waals surface area contributed by atoms with Crippen molar-refractivity contribution in [1.82, 2.24) is 4.57 Å². The van der Waals surface area contributed by atoms with Gasteiger partial charge in [-0.2, -0.15) is 0 Å². The number of fused-ring (bicyclic) bond motifs is 1. The lowest BCUT2D eigenvalue weighted by atomic mass is 10.1. The summed E-state index contributed by atoms with van der Waals surface area (Å²) in [6, 6.07) is 12.9. The van der Waals surface area contributed by atoms with E-state index in [-0.39, 0.29) is 11.4 Å². The molecule has 0 aliphatic rings. The van der Waals surface area contributed by atoms with E-state index in [1.54, 1.807) is 36.4 Å². The van der Waals surface area contributed by atoms with Crippen molar-refractivity contribution in [2.45, 2.75) is 13.8 Å². The van der Waals surface area contributed by atoms with Crippen molar-refractivity contribution in [3.05, 3.63) is 64.4 Å². The highest BCUT2D eigenvalue weighted by Gasteiger charge is 2.30. The first-order valence-electron chi connectivity index (χ1n) is 9.05. The smallest absolute Gasteiger partial charge is 0.308 e. The van der Waals surface area contributed by atoms with Crippen LogP contribution in [0.1, 0.15) is 24.2 Å². The molecule has 2 aromatic carbocycles. The lowest BCUT2D eigenvalue weighted by molar-refractivity contribution is -0.131. The van der Waals surface area contributed by atoms with Gasteiger partial charge in [-0.1, -0.05) is 12.1 Å². The van der Waals surface area contributed by atoms with E-state index in [1.165, 1.54) is 44.7 Å². The van der Waals surface area contributed by atoms with Gasteiger partial charge in [0, 0.05) is 26.3 Å². The van der Waals surface area contributed by atoms with Crippen LogP contribution in [0.2, 0.25) is 0 Å². The van der Waals surface area contributed by atoms with Gasteiger partial charge in [0.2, 0.25) is 5.91 Å². The summed E-state index contributed by atoms with van der Waals surface area (Å²) < 4.78 is 11.7. The Bertz CT molecular complexity index is 1210. The van der Waals surface area contributed by atoms with Crippen molar-refractivity contribution in [3.8, 4) is 11.5 Å². The topological polar surface area (TPSA) is 94.9 Å². The normalized spacial score (nSPS) is 10.5. The number of ether oxygens (including phenoxy) is 2. The Morgan fingerprint density at radius 2 is 1.60 bits per heavy atom. The van der Waals surface area contributed by atoms with Crippen molar-refractivity contribution >= 4 is 34.4 Å². The van der Waals surface area contributed by atoms with Crippen molar-refractivity contribution in [1.29, 1.82) is 0 Å². The molecule has 3 aromatic rings. The lowest BCUT2D eigenvalue weighted by Gasteiger charge is -2.21. The molecule has 0 fully saturated rings. The first-order valence-corrected chi connectivity index (χ1v) is 9.05. The van der Waals surface area contributed by atoms with Crippen molar-refractivity contribution in [3.63, 3.8) is 0 Å². The van der Waals surface area contributed by atoms with Gasteiger partial charge >= 0.3 is 5.97 Å². The zero-order chi connectivity index (χ0) is 22.0. The molecule has 0 atom stereocenters. The minimum Gasteiger partial charge on any atom is -0.497 e. The number of aromatic nitrogens is 1. The largest absolute Gasteiger partial charge is 0.497 e. The van der Waals surface area contributed by atoms with Gasteiger partial charge in [0.05, 0.1) is 18.3 Å². The number of carbonyl (C=O) groups excluding carboxylic acids is 3. The maximum Gasteiger partial charge on any atom is 0.308 e. The van der Waals surface area contributed by atoms with Crippen molar-refractivity contribution in [2.24, 2.45) is 7.05 Å². The third-order valence-corrected chi connectivity index (χ3v) is 4.56. The number of nitrogens with zero attached hydrogens (tertiary/aromatic N) is 2. The van der Waals surface area contributed by atoms with Crippen LogP contribution in [-0.2, 0) is 16.6 Å². The summed E-state index contributed by atoms with van der Waals surface area (Å²) >= 11 is 0. The Morgan fingerprint density at radius 3 is 2.17 bits per heavy atom. The van der Waals surface area contributed by atoms with Crippen molar-refractivity contribution in [2.75, 3.05) is 12.0 Å². The van der Waals surface area contributed by atoms with Crippen LogP contribution in [0.4, 0.5) is 5.69 Å². The van der Waals surface area contributed by atoms with Gasteiger partial charge in [-0.15, -0.1) is 0 Å². The lowest BCUT2D eigenvalue weighted by Crippen LogP contribution is -2.40. The molecule has 0 saturated heterocycles. The van der Waals surface area contributed by atoms with E-state index in [0.29, 0.717) is 16.7 Å². The number of hydrogen-bond acceptors (Lipinski definition) is 6. The summed E-state index contributed by atoms with van der Waals surface area (Å²) in [5, 5.41) is 0.399. The minimum atomic E-state index is -0.893. The average Bonchev–Trinajstić information content (AvgIpc) is 2.72. The summed E-state index contributed by atoms with van der Waals surface area (Å²) in [7, 11) is 3.00. The van der Waals surface area contributed by atoms with Crippen LogP contribution in [0.25, 0.3) is 10.9 Å².